The number of benzene rings is 11. The smallest absolute Gasteiger partial charge is 0.252 e. The van der Waals surface area contributed by atoms with Crippen molar-refractivity contribution in [2.24, 2.45) is 0 Å². The predicted octanol–water partition coefficient (Wildman–Crippen LogP) is 17.6. The van der Waals surface area contributed by atoms with Gasteiger partial charge in [0.05, 0.1) is 5.69 Å². The van der Waals surface area contributed by atoms with Crippen LogP contribution in [0.5, 0.6) is 0 Å². The molecule has 11 aromatic rings. The first-order valence-electron chi connectivity index (χ1n) is 26.2. The first kappa shape index (κ1) is 45.0. The minimum Gasteiger partial charge on any atom is -0.311 e. The van der Waals surface area contributed by atoms with Gasteiger partial charge < -0.3 is 9.80 Å². The van der Waals surface area contributed by atoms with E-state index < -0.39 is 0 Å². The van der Waals surface area contributed by atoms with Gasteiger partial charge in [-0.2, -0.15) is 0 Å². The van der Waals surface area contributed by atoms with Crippen molar-refractivity contribution in [2.45, 2.75) is 78.6 Å². The lowest BCUT2D eigenvalue weighted by Crippen LogP contribution is -2.61. The van der Waals surface area contributed by atoms with Gasteiger partial charge in [0.25, 0.3) is 6.71 Å². The summed E-state index contributed by atoms with van der Waals surface area (Å²) in [6.45, 7) is 20.9. The van der Waals surface area contributed by atoms with Crippen LogP contribution in [-0.4, -0.2) is 6.71 Å². The van der Waals surface area contributed by atoms with Crippen molar-refractivity contribution in [3.05, 3.63) is 223 Å². The quantitative estimate of drug-likeness (QED) is 0.125. The number of anilines is 6. The van der Waals surface area contributed by atoms with Gasteiger partial charge in [-0.05, 0) is 170 Å². The Morgan fingerprint density at radius 2 is 0.808 bits per heavy atom. The maximum absolute atomic E-state index is 2.64. The van der Waals surface area contributed by atoms with E-state index in [1.807, 2.05) is 0 Å². The molecule has 0 spiro atoms. The monoisotopic (exact) mass is 940 g/mol. The van der Waals surface area contributed by atoms with Gasteiger partial charge in [0.1, 0.15) is 0 Å². The van der Waals surface area contributed by atoms with Gasteiger partial charge in [0.2, 0.25) is 0 Å². The van der Waals surface area contributed by atoms with E-state index >= 15 is 0 Å². The summed E-state index contributed by atoms with van der Waals surface area (Å²) < 4.78 is 0. The second kappa shape index (κ2) is 16.3. The van der Waals surface area contributed by atoms with E-state index in [1.54, 1.807) is 0 Å². The topological polar surface area (TPSA) is 6.48 Å². The van der Waals surface area contributed by atoms with Gasteiger partial charge in [-0.3, -0.25) is 0 Å². The molecule has 0 unspecified atom stereocenters. The van der Waals surface area contributed by atoms with E-state index in [4.69, 9.17) is 0 Å². The normalized spacial score (nSPS) is 13.5. The van der Waals surface area contributed by atoms with E-state index in [0.717, 1.165) is 5.69 Å². The van der Waals surface area contributed by atoms with E-state index in [1.165, 1.54) is 127 Å². The zero-order chi connectivity index (χ0) is 50.1. The average Bonchev–Trinajstić information content (AvgIpc) is 3.40. The zero-order valence-electron chi connectivity index (χ0n) is 43.6. The van der Waals surface area contributed by atoms with Crippen LogP contribution in [-0.2, 0) is 16.2 Å². The molecule has 0 amide bonds. The molecule has 354 valence electrons. The van der Waals surface area contributed by atoms with Crippen molar-refractivity contribution in [1.29, 1.82) is 0 Å². The summed E-state index contributed by atoms with van der Waals surface area (Å²) >= 11 is 0. The minimum atomic E-state index is -0.0757. The van der Waals surface area contributed by atoms with Gasteiger partial charge in [-0.1, -0.05) is 208 Å². The maximum Gasteiger partial charge on any atom is 0.252 e. The van der Waals surface area contributed by atoms with Crippen molar-refractivity contribution < 1.29 is 0 Å². The number of nitrogens with zero attached hydrogens (tertiary/aromatic N) is 2. The van der Waals surface area contributed by atoms with Crippen LogP contribution in [0.4, 0.5) is 34.1 Å². The van der Waals surface area contributed by atoms with Crippen molar-refractivity contribution in [2.75, 3.05) is 9.80 Å². The molecule has 0 aliphatic carbocycles. The zero-order valence-corrected chi connectivity index (χ0v) is 43.6. The Morgan fingerprint density at radius 1 is 0.301 bits per heavy atom. The second-order valence-corrected chi connectivity index (χ2v) is 23.8. The molecule has 0 saturated heterocycles. The van der Waals surface area contributed by atoms with Crippen LogP contribution >= 0.6 is 0 Å². The lowest BCUT2D eigenvalue weighted by molar-refractivity contribution is 0.590. The highest BCUT2D eigenvalue weighted by atomic mass is 15.2. The molecular weight excluding hydrogens is 880 g/mol. The maximum atomic E-state index is 2.64. The minimum absolute atomic E-state index is 0.0152. The molecule has 2 heterocycles. The number of fused-ring (bicyclic) bond motifs is 4. The van der Waals surface area contributed by atoms with Crippen molar-refractivity contribution in [1.82, 2.24) is 0 Å². The Hall–Kier alpha value is -7.88. The summed E-state index contributed by atoms with van der Waals surface area (Å²) in [6.07, 6.45) is 0. The molecule has 0 N–H and O–H groups in total. The van der Waals surface area contributed by atoms with E-state index in [9.17, 15) is 0 Å². The van der Waals surface area contributed by atoms with Gasteiger partial charge in [0.15, 0.2) is 0 Å². The third-order valence-corrected chi connectivity index (χ3v) is 16.0. The van der Waals surface area contributed by atoms with Crippen molar-refractivity contribution in [3.8, 4) is 33.4 Å². The molecule has 0 bridgehead atoms. The molecule has 3 heteroatoms. The molecule has 2 aliphatic rings. The highest BCUT2D eigenvalue weighted by Gasteiger charge is 2.45. The summed E-state index contributed by atoms with van der Waals surface area (Å²) in [5.41, 5.74) is 22.1. The number of hydrogen-bond donors (Lipinski definition) is 0. The summed E-state index contributed by atoms with van der Waals surface area (Å²) in [4.78, 5) is 5.22. The predicted molar refractivity (Wildman–Crippen MR) is 317 cm³/mol. The number of rotatable bonds is 5. The Labute approximate surface area is 432 Å². The van der Waals surface area contributed by atoms with Crippen LogP contribution in [0.2, 0.25) is 0 Å². The van der Waals surface area contributed by atoms with Gasteiger partial charge >= 0.3 is 0 Å². The molecule has 0 aromatic heterocycles. The Bertz CT molecular complexity index is 3900. The Morgan fingerprint density at radius 3 is 1.41 bits per heavy atom. The fourth-order valence-electron chi connectivity index (χ4n) is 12.1. The van der Waals surface area contributed by atoms with Crippen LogP contribution < -0.4 is 26.2 Å². The lowest BCUT2D eigenvalue weighted by atomic mass is 9.33. The molecule has 0 atom stereocenters. The molecular formula is C70H61BN2. The summed E-state index contributed by atoms with van der Waals surface area (Å²) in [5.74, 6) is 0. The third-order valence-electron chi connectivity index (χ3n) is 16.0. The molecule has 2 aliphatic heterocycles. The summed E-state index contributed by atoms with van der Waals surface area (Å²) in [6, 6.07) is 79.0. The molecule has 2 nitrogen and oxygen atoms in total. The number of hydrogen-bond acceptors (Lipinski definition) is 2. The lowest BCUT2D eigenvalue weighted by Gasteiger charge is -2.45. The van der Waals surface area contributed by atoms with Crippen LogP contribution in [0.15, 0.2) is 206 Å². The Kier molecular flexibility index (Phi) is 10.1. The summed E-state index contributed by atoms with van der Waals surface area (Å²) in [5, 5.41) is 7.78. The van der Waals surface area contributed by atoms with Gasteiger partial charge in [-0.25, -0.2) is 0 Å². The molecule has 0 saturated carbocycles. The van der Waals surface area contributed by atoms with Crippen LogP contribution in [0.1, 0.15) is 79.0 Å². The first-order valence-corrected chi connectivity index (χ1v) is 26.2. The molecule has 73 heavy (non-hydrogen) atoms. The van der Waals surface area contributed by atoms with E-state index in [0.29, 0.717) is 0 Å². The molecule has 0 fully saturated rings. The second-order valence-electron chi connectivity index (χ2n) is 23.8. The standard InChI is InChI=1S/C70H61BN2/c1-68(2,3)53-28-32-56(33-29-53)72-62-39-48(44-17-12-10-13-18-44)27-34-58(62)71-59-43-55(70(7,8)9)31-36-61(59)73(64-41-51(40-63(72)67(64)71)45-19-14-11-15-20-45)60-35-30-54(69(4,5)6)42-57(60)52-37-49-25-23-46-21-16-22-47-24-26-50(38-52)66(49)65(46)47/h10-43H,1-9H3. The van der Waals surface area contributed by atoms with Crippen LogP contribution in [0.3, 0.4) is 0 Å². The van der Waals surface area contributed by atoms with Crippen molar-refractivity contribution >= 4 is 89.5 Å². The SMILES string of the molecule is CC(C)(C)c1ccc(N2c3cc(-c4ccccc4)ccc3B3c4cc(C(C)(C)C)ccc4N(c4ccc(C(C)(C)C)cc4-c4cc5ccc6cccc7ccc(c4)c5c67)c4cc(-c5ccccc5)cc2c43)cc1. The largest absolute Gasteiger partial charge is 0.311 e. The highest BCUT2D eigenvalue weighted by Crippen LogP contribution is 2.50. The summed E-state index contributed by atoms with van der Waals surface area (Å²) in [7, 11) is 0. The fraction of sp³-hybridized carbons (Fsp3) is 0.171. The third kappa shape index (κ3) is 7.38. The highest BCUT2D eigenvalue weighted by molar-refractivity contribution is 7.00. The fourth-order valence-corrected chi connectivity index (χ4v) is 12.1. The van der Waals surface area contributed by atoms with Gasteiger partial charge in [0, 0.05) is 34.0 Å². The van der Waals surface area contributed by atoms with Crippen LogP contribution in [0.25, 0.3) is 65.7 Å². The van der Waals surface area contributed by atoms with E-state index in [2.05, 4.69) is 278 Å². The first-order chi connectivity index (χ1) is 35.1. The van der Waals surface area contributed by atoms with Crippen LogP contribution in [0, 0.1) is 0 Å². The average molecular weight is 941 g/mol. The van der Waals surface area contributed by atoms with E-state index in [-0.39, 0.29) is 23.0 Å². The molecule has 13 rings (SSSR count). The van der Waals surface area contributed by atoms with Gasteiger partial charge in [-0.15, -0.1) is 0 Å². The molecule has 11 aromatic carbocycles. The molecule has 0 radical (unpaired) electrons. The van der Waals surface area contributed by atoms with Crippen molar-refractivity contribution in [3.63, 3.8) is 0 Å². The Balaban J connectivity index is 1.14.